The van der Waals surface area contributed by atoms with Gasteiger partial charge in [0.15, 0.2) is 0 Å². The SMILES string of the molecule is Cc1ncc(CN(C)S(=O)(=O)c2c(C)ccc(N)c2C)s1. The molecule has 0 fully saturated rings. The van der Waals surface area contributed by atoms with Gasteiger partial charge in [0.25, 0.3) is 0 Å². The lowest BCUT2D eigenvalue weighted by atomic mass is 10.1. The number of sulfonamides is 1. The first kappa shape index (κ1) is 15.9. The van der Waals surface area contributed by atoms with Crippen molar-refractivity contribution in [2.24, 2.45) is 0 Å². The van der Waals surface area contributed by atoms with Gasteiger partial charge >= 0.3 is 0 Å². The molecule has 0 radical (unpaired) electrons. The summed E-state index contributed by atoms with van der Waals surface area (Å²) in [6.07, 6.45) is 1.71. The van der Waals surface area contributed by atoms with E-state index in [9.17, 15) is 8.42 Å². The van der Waals surface area contributed by atoms with E-state index in [2.05, 4.69) is 4.98 Å². The standard InChI is InChI=1S/C14H19N3O2S2/c1-9-5-6-13(15)10(2)14(9)21(18,19)17(4)8-12-7-16-11(3)20-12/h5-7H,8,15H2,1-4H3. The van der Waals surface area contributed by atoms with E-state index >= 15 is 0 Å². The molecule has 0 saturated carbocycles. The molecule has 0 bridgehead atoms. The smallest absolute Gasteiger partial charge is 0.243 e. The van der Waals surface area contributed by atoms with E-state index in [1.165, 1.54) is 15.6 Å². The van der Waals surface area contributed by atoms with E-state index in [0.29, 0.717) is 28.3 Å². The second-order valence-corrected chi connectivity index (χ2v) is 8.33. The molecular formula is C14H19N3O2S2. The maximum Gasteiger partial charge on any atom is 0.243 e. The molecule has 0 unspecified atom stereocenters. The predicted octanol–water partition coefficient (Wildman–Crippen LogP) is 2.47. The number of hydrogen-bond donors (Lipinski definition) is 1. The Bertz CT molecular complexity index is 767. The van der Waals surface area contributed by atoms with Crippen LogP contribution in [0.15, 0.2) is 23.2 Å². The van der Waals surface area contributed by atoms with Crippen LogP contribution >= 0.6 is 11.3 Å². The van der Waals surface area contributed by atoms with Gasteiger partial charge in [-0.3, -0.25) is 0 Å². The minimum atomic E-state index is -3.58. The van der Waals surface area contributed by atoms with E-state index in [0.717, 1.165) is 9.88 Å². The van der Waals surface area contributed by atoms with Gasteiger partial charge in [-0.25, -0.2) is 13.4 Å². The summed E-state index contributed by atoms with van der Waals surface area (Å²) < 4.78 is 26.9. The molecule has 5 nitrogen and oxygen atoms in total. The number of anilines is 1. The summed E-state index contributed by atoms with van der Waals surface area (Å²) in [5, 5.41) is 0.923. The highest BCUT2D eigenvalue weighted by atomic mass is 32.2. The van der Waals surface area contributed by atoms with Gasteiger partial charge in [0.1, 0.15) is 0 Å². The number of hydrogen-bond acceptors (Lipinski definition) is 5. The van der Waals surface area contributed by atoms with Gasteiger partial charge in [0.05, 0.1) is 9.90 Å². The van der Waals surface area contributed by atoms with Gasteiger partial charge in [-0.15, -0.1) is 11.3 Å². The molecule has 1 heterocycles. The Labute approximate surface area is 129 Å². The lowest BCUT2D eigenvalue weighted by Crippen LogP contribution is -2.27. The summed E-state index contributed by atoms with van der Waals surface area (Å²) in [6.45, 7) is 5.72. The van der Waals surface area contributed by atoms with Crippen LogP contribution in [0.2, 0.25) is 0 Å². The van der Waals surface area contributed by atoms with E-state index in [1.807, 2.05) is 6.92 Å². The van der Waals surface area contributed by atoms with E-state index in [4.69, 9.17) is 5.73 Å². The third-order valence-electron chi connectivity index (χ3n) is 3.36. The summed E-state index contributed by atoms with van der Waals surface area (Å²) in [6, 6.07) is 3.47. The summed E-state index contributed by atoms with van der Waals surface area (Å²) in [5.74, 6) is 0. The van der Waals surface area contributed by atoms with Crippen LogP contribution in [0.4, 0.5) is 5.69 Å². The first-order chi connectivity index (χ1) is 9.73. The van der Waals surface area contributed by atoms with Crippen LogP contribution < -0.4 is 5.73 Å². The average Bonchev–Trinajstić information content (AvgIpc) is 2.79. The average molecular weight is 325 g/mol. The fourth-order valence-corrected chi connectivity index (χ4v) is 4.71. The number of nitrogens with two attached hydrogens (primary N) is 1. The molecular weight excluding hydrogens is 306 g/mol. The Morgan fingerprint density at radius 2 is 1.95 bits per heavy atom. The zero-order chi connectivity index (χ0) is 15.8. The van der Waals surface area contributed by atoms with Crippen molar-refractivity contribution in [3.63, 3.8) is 0 Å². The van der Waals surface area contributed by atoms with Crippen molar-refractivity contribution in [1.82, 2.24) is 9.29 Å². The van der Waals surface area contributed by atoms with Gasteiger partial charge in [-0.05, 0) is 38.0 Å². The van der Waals surface area contributed by atoms with Crippen LogP contribution in [0, 0.1) is 20.8 Å². The molecule has 2 rings (SSSR count). The molecule has 0 aliphatic rings. The molecule has 0 aliphatic carbocycles. The Hall–Kier alpha value is -1.44. The van der Waals surface area contributed by atoms with Crippen molar-refractivity contribution in [3.05, 3.63) is 39.3 Å². The highest BCUT2D eigenvalue weighted by Gasteiger charge is 2.26. The Morgan fingerprint density at radius 3 is 2.52 bits per heavy atom. The van der Waals surface area contributed by atoms with Crippen LogP contribution in [0.25, 0.3) is 0 Å². The van der Waals surface area contributed by atoms with Gasteiger partial charge in [-0.1, -0.05) is 6.07 Å². The molecule has 0 spiro atoms. The number of aromatic nitrogens is 1. The molecule has 1 aromatic carbocycles. The lowest BCUT2D eigenvalue weighted by molar-refractivity contribution is 0.468. The molecule has 2 N–H and O–H groups in total. The third-order valence-corrected chi connectivity index (χ3v) is 6.35. The van der Waals surface area contributed by atoms with Gasteiger partial charge < -0.3 is 5.73 Å². The minimum absolute atomic E-state index is 0.297. The van der Waals surface area contributed by atoms with Crippen LogP contribution in [-0.4, -0.2) is 24.8 Å². The Balaban J connectivity index is 2.40. The molecule has 0 aliphatic heterocycles. The molecule has 7 heteroatoms. The normalized spacial score (nSPS) is 12.0. The molecule has 114 valence electrons. The zero-order valence-electron chi connectivity index (χ0n) is 12.5. The number of benzene rings is 1. The number of thiazole rings is 1. The van der Waals surface area contributed by atoms with Crippen LogP contribution in [0.5, 0.6) is 0 Å². The van der Waals surface area contributed by atoms with E-state index in [-0.39, 0.29) is 0 Å². The number of aryl methyl sites for hydroxylation is 2. The molecule has 21 heavy (non-hydrogen) atoms. The minimum Gasteiger partial charge on any atom is -0.398 e. The van der Waals surface area contributed by atoms with Crippen molar-refractivity contribution in [2.45, 2.75) is 32.2 Å². The topological polar surface area (TPSA) is 76.3 Å². The molecule has 2 aromatic rings. The monoisotopic (exact) mass is 325 g/mol. The lowest BCUT2D eigenvalue weighted by Gasteiger charge is -2.20. The maximum atomic E-state index is 12.8. The molecule has 0 amide bonds. The molecule has 0 atom stereocenters. The van der Waals surface area contributed by atoms with Gasteiger partial charge in [0, 0.05) is 30.4 Å². The first-order valence-electron chi connectivity index (χ1n) is 6.47. The van der Waals surface area contributed by atoms with Crippen LogP contribution in [0.1, 0.15) is 21.0 Å². The molecule has 0 saturated heterocycles. The van der Waals surface area contributed by atoms with Crippen molar-refractivity contribution in [3.8, 4) is 0 Å². The molecule has 1 aromatic heterocycles. The predicted molar refractivity (Wildman–Crippen MR) is 85.8 cm³/mol. The summed E-state index contributed by atoms with van der Waals surface area (Å²) in [7, 11) is -2.00. The van der Waals surface area contributed by atoms with Crippen molar-refractivity contribution < 1.29 is 8.42 Å². The second kappa shape index (κ2) is 5.75. The van der Waals surface area contributed by atoms with Gasteiger partial charge in [-0.2, -0.15) is 4.31 Å². The van der Waals surface area contributed by atoms with Crippen LogP contribution in [-0.2, 0) is 16.6 Å². The highest BCUT2D eigenvalue weighted by molar-refractivity contribution is 7.89. The zero-order valence-corrected chi connectivity index (χ0v) is 14.2. The summed E-state index contributed by atoms with van der Waals surface area (Å²) >= 11 is 1.50. The van der Waals surface area contributed by atoms with Crippen LogP contribution in [0.3, 0.4) is 0 Å². The number of rotatable bonds is 4. The largest absolute Gasteiger partial charge is 0.398 e. The second-order valence-electron chi connectivity index (χ2n) is 5.03. The van der Waals surface area contributed by atoms with E-state index in [1.54, 1.807) is 39.2 Å². The Kier molecular flexibility index (Phi) is 4.36. The fourth-order valence-electron chi connectivity index (χ4n) is 2.18. The number of nitrogens with zero attached hydrogens (tertiary/aromatic N) is 2. The Morgan fingerprint density at radius 1 is 1.29 bits per heavy atom. The summed E-state index contributed by atoms with van der Waals surface area (Å²) in [4.78, 5) is 5.36. The van der Waals surface area contributed by atoms with Gasteiger partial charge in [0.2, 0.25) is 10.0 Å². The third kappa shape index (κ3) is 3.09. The van der Waals surface area contributed by atoms with Crippen molar-refractivity contribution in [2.75, 3.05) is 12.8 Å². The maximum absolute atomic E-state index is 12.8. The van der Waals surface area contributed by atoms with Crippen molar-refractivity contribution in [1.29, 1.82) is 0 Å². The highest BCUT2D eigenvalue weighted by Crippen LogP contribution is 2.28. The fraction of sp³-hybridized carbons (Fsp3) is 0.357. The first-order valence-corrected chi connectivity index (χ1v) is 8.72. The number of nitrogen functional groups attached to an aromatic ring is 1. The van der Waals surface area contributed by atoms with E-state index < -0.39 is 10.0 Å². The van der Waals surface area contributed by atoms with Crippen molar-refractivity contribution >= 4 is 27.0 Å². The summed E-state index contributed by atoms with van der Waals surface area (Å²) in [5.41, 5.74) is 7.64. The quantitative estimate of drug-likeness (QED) is 0.876.